The normalized spacial score (nSPS) is 11.7. The Bertz CT molecular complexity index is 502. The summed E-state index contributed by atoms with van der Waals surface area (Å²) in [6.07, 6.45) is -3.71. The van der Waals surface area contributed by atoms with Gasteiger partial charge >= 0.3 is 6.18 Å². The average molecular weight is 242 g/mol. The first-order valence-electron chi connectivity index (χ1n) is 4.82. The predicted octanol–water partition coefficient (Wildman–Crippen LogP) is 3.03. The van der Waals surface area contributed by atoms with Crippen LogP contribution in [0.25, 0.3) is 11.1 Å². The molecule has 90 valence electrons. The van der Waals surface area contributed by atoms with Crippen molar-refractivity contribution in [3.8, 4) is 11.1 Å². The van der Waals surface area contributed by atoms with Crippen molar-refractivity contribution in [1.82, 2.24) is 5.16 Å². The highest BCUT2D eigenvalue weighted by Gasteiger charge is 2.27. The molecule has 2 aromatic rings. The Balaban J connectivity index is 2.22. The first kappa shape index (κ1) is 11.5. The molecule has 2 N–H and O–H groups in total. The highest BCUT2D eigenvalue weighted by molar-refractivity contribution is 5.71. The molecule has 0 atom stereocenters. The highest BCUT2D eigenvalue weighted by atomic mass is 19.4. The number of hydrogen-bond donors (Lipinski definition) is 1. The number of alkyl halides is 3. The lowest BCUT2D eigenvalue weighted by molar-refractivity contribution is -0.127. The summed E-state index contributed by atoms with van der Waals surface area (Å²) in [5.74, 6) is 0.147. The number of aromatic nitrogens is 1. The Morgan fingerprint density at radius 3 is 2.29 bits per heavy atom. The molecule has 0 amide bonds. The molecule has 0 radical (unpaired) electrons. The zero-order valence-corrected chi connectivity index (χ0v) is 8.66. The zero-order chi connectivity index (χ0) is 12.5. The van der Waals surface area contributed by atoms with Crippen molar-refractivity contribution in [1.29, 1.82) is 0 Å². The average Bonchev–Trinajstić information content (AvgIpc) is 2.63. The van der Waals surface area contributed by atoms with Crippen LogP contribution in [0.15, 0.2) is 35.0 Å². The van der Waals surface area contributed by atoms with Crippen LogP contribution in [0, 0.1) is 0 Å². The van der Waals surface area contributed by atoms with Gasteiger partial charge < -0.3 is 10.3 Å². The third-order valence-electron chi connectivity index (χ3n) is 2.27. The maximum Gasteiger partial charge on any atom is 0.393 e. The highest BCUT2D eigenvalue weighted by Crippen LogP contribution is 2.27. The van der Waals surface area contributed by atoms with Gasteiger partial charge in [-0.2, -0.15) is 13.2 Å². The van der Waals surface area contributed by atoms with E-state index >= 15 is 0 Å². The van der Waals surface area contributed by atoms with Gasteiger partial charge in [-0.15, -0.1) is 0 Å². The molecule has 6 heteroatoms. The van der Waals surface area contributed by atoms with E-state index in [1.165, 1.54) is 18.3 Å². The molecule has 0 unspecified atom stereocenters. The topological polar surface area (TPSA) is 52.0 Å². The summed E-state index contributed by atoms with van der Waals surface area (Å²) in [5.41, 5.74) is 6.96. The van der Waals surface area contributed by atoms with Crippen LogP contribution < -0.4 is 5.73 Å². The van der Waals surface area contributed by atoms with Crippen molar-refractivity contribution in [2.45, 2.75) is 12.6 Å². The fourth-order valence-electron chi connectivity index (χ4n) is 1.50. The second-order valence-electron chi connectivity index (χ2n) is 3.59. The minimum atomic E-state index is -4.20. The van der Waals surface area contributed by atoms with E-state index in [1.54, 1.807) is 12.1 Å². The molecule has 0 aliphatic heterocycles. The molecule has 3 nitrogen and oxygen atoms in total. The first-order valence-corrected chi connectivity index (χ1v) is 4.82. The van der Waals surface area contributed by atoms with E-state index in [1.807, 2.05) is 0 Å². The molecular weight excluding hydrogens is 233 g/mol. The van der Waals surface area contributed by atoms with E-state index in [0.717, 1.165) is 0 Å². The van der Waals surface area contributed by atoms with Crippen LogP contribution in [0.1, 0.15) is 5.56 Å². The lowest BCUT2D eigenvalue weighted by Gasteiger charge is -2.06. The monoisotopic (exact) mass is 242 g/mol. The molecule has 0 bridgehead atoms. The summed E-state index contributed by atoms with van der Waals surface area (Å²) < 4.78 is 41.1. The van der Waals surface area contributed by atoms with E-state index in [9.17, 15) is 13.2 Å². The van der Waals surface area contributed by atoms with Crippen molar-refractivity contribution in [2.24, 2.45) is 0 Å². The molecular formula is C11H9F3N2O. The molecule has 0 aliphatic carbocycles. The number of benzene rings is 1. The van der Waals surface area contributed by atoms with E-state index in [-0.39, 0.29) is 11.4 Å². The van der Waals surface area contributed by atoms with Crippen LogP contribution in [-0.2, 0) is 6.42 Å². The van der Waals surface area contributed by atoms with Gasteiger partial charge in [-0.05, 0) is 11.1 Å². The van der Waals surface area contributed by atoms with E-state index in [4.69, 9.17) is 5.73 Å². The standard InChI is InChI=1S/C11H9F3N2O/c12-11(13,14)5-7-1-3-8(4-2-7)9-6-16-17-10(9)15/h1-4,6H,5,15H2. The fourth-order valence-corrected chi connectivity index (χ4v) is 1.50. The van der Waals surface area contributed by atoms with Crippen LogP contribution in [0.5, 0.6) is 0 Å². The lowest BCUT2D eigenvalue weighted by Crippen LogP contribution is -2.11. The largest absolute Gasteiger partial charge is 0.393 e. The fraction of sp³-hybridized carbons (Fsp3) is 0.182. The summed E-state index contributed by atoms with van der Waals surface area (Å²) in [6.45, 7) is 0. The Labute approximate surface area is 95.0 Å². The van der Waals surface area contributed by atoms with E-state index in [2.05, 4.69) is 9.68 Å². The predicted molar refractivity (Wildman–Crippen MR) is 56.1 cm³/mol. The molecule has 0 spiro atoms. The number of anilines is 1. The number of nitrogen functional groups attached to an aromatic ring is 1. The molecule has 1 heterocycles. The van der Waals surface area contributed by atoms with E-state index in [0.29, 0.717) is 11.1 Å². The number of hydrogen-bond acceptors (Lipinski definition) is 3. The lowest BCUT2D eigenvalue weighted by atomic mass is 10.1. The Morgan fingerprint density at radius 1 is 1.18 bits per heavy atom. The molecule has 0 saturated heterocycles. The number of rotatable bonds is 2. The smallest absolute Gasteiger partial charge is 0.367 e. The molecule has 2 rings (SSSR count). The van der Waals surface area contributed by atoms with Gasteiger partial charge in [-0.3, -0.25) is 0 Å². The third kappa shape index (κ3) is 2.77. The molecule has 0 aliphatic rings. The summed E-state index contributed by atoms with van der Waals surface area (Å²) in [5, 5.41) is 3.50. The summed E-state index contributed by atoms with van der Waals surface area (Å²) in [4.78, 5) is 0. The Kier molecular flexibility index (Phi) is 2.79. The van der Waals surface area contributed by atoms with Crippen molar-refractivity contribution in [2.75, 3.05) is 5.73 Å². The second-order valence-corrected chi connectivity index (χ2v) is 3.59. The van der Waals surface area contributed by atoms with Crippen LogP contribution in [0.4, 0.5) is 19.1 Å². The molecule has 1 aromatic heterocycles. The zero-order valence-electron chi connectivity index (χ0n) is 8.66. The van der Waals surface area contributed by atoms with Crippen molar-refractivity contribution in [3.63, 3.8) is 0 Å². The Hall–Kier alpha value is -1.98. The minimum Gasteiger partial charge on any atom is -0.367 e. The molecule has 0 fully saturated rings. The van der Waals surface area contributed by atoms with Crippen LogP contribution >= 0.6 is 0 Å². The van der Waals surface area contributed by atoms with Gasteiger partial charge in [0.25, 0.3) is 0 Å². The number of halogens is 3. The van der Waals surface area contributed by atoms with Gasteiger partial charge in [0.05, 0.1) is 18.2 Å². The van der Waals surface area contributed by atoms with Gasteiger partial charge in [-0.25, -0.2) is 0 Å². The number of nitrogens with two attached hydrogens (primary N) is 1. The first-order chi connectivity index (χ1) is 7.96. The maximum absolute atomic E-state index is 12.1. The molecule has 0 saturated carbocycles. The van der Waals surface area contributed by atoms with E-state index < -0.39 is 12.6 Å². The SMILES string of the molecule is Nc1oncc1-c1ccc(CC(F)(F)F)cc1. The summed E-state index contributed by atoms with van der Waals surface area (Å²) in [6, 6.07) is 5.94. The molecule has 1 aromatic carbocycles. The van der Waals surface area contributed by atoms with Gasteiger partial charge in [0, 0.05) is 0 Å². The number of nitrogens with zero attached hydrogens (tertiary/aromatic N) is 1. The quantitative estimate of drug-likeness (QED) is 0.880. The van der Waals surface area contributed by atoms with Crippen LogP contribution in [-0.4, -0.2) is 11.3 Å². The molecule has 17 heavy (non-hydrogen) atoms. The summed E-state index contributed by atoms with van der Waals surface area (Å²) >= 11 is 0. The third-order valence-corrected chi connectivity index (χ3v) is 2.27. The van der Waals surface area contributed by atoms with Crippen molar-refractivity contribution >= 4 is 5.88 Å². The second kappa shape index (κ2) is 4.12. The van der Waals surface area contributed by atoms with Crippen LogP contribution in [0.2, 0.25) is 0 Å². The maximum atomic E-state index is 12.1. The minimum absolute atomic E-state index is 0.147. The van der Waals surface area contributed by atoms with Gasteiger partial charge in [-0.1, -0.05) is 29.4 Å². The van der Waals surface area contributed by atoms with Crippen LogP contribution in [0.3, 0.4) is 0 Å². The van der Waals surface area contributed by atoms with Gasteiger partial charge in [0.1, 0.15) is 0 Å². The van der Waals surface area contributed by atoms with Gasteiger partial charge in [0.2, 0.25) is 5.88 Å². The Morgan fingerprint density at radius 2 is 1.82 bits per heavy atom. The van der Waals surface area contributed by atoms with Crippen molar-refractivity contribution in [3.05, 3.63) is 36.0 Å². The van der Waals surface area contributed by atoms with Crippen molar-refractivity contribution < 1.29 is 17.7 Å². The summed E-state index contributed by atoms with van der Waals surface area (Å²) in [7, 11) is 0. The van der Waals surface area contributed by atoms with Gasteiger partial charge in [0.15, 0.2) is 0 Å².